The van der Waals surface area contributed by atoms with Gasteiger partial charge in [0, 0.05) is 6.54 Å². The molecule has 0 spiro atoms. The normalized spacial score (nSPS) is 12.9. The summed E-state index contributed by atoms with van der Waals surface area (Å²) >= 11 is 1.08. The van der Waals surface area contributed by atoms with Crippen LogP contribution in [0, 0.1) is 0 Å². The number of nitrogens with one attached hydrogen (secondary N) is 1. The maximum absolute atomic E-state index is 11.6. The molecule has 0 aromatic carbocycles. The lowest BCUT2D eigenvalue weighted by molar-refractivity contribution is 0.0926. The minimum atomic E-state index is -0.544. The first-order chi connectivity index (χ1) is 7.02. The summed E-state index contributed by atoms with van der Waals surface area (Å²) in [5.74, 6) is -0.0364. The Labute approximate surface area is 92.7 Å². The lowest BCUT2D eigenvalue weighted by Gasteiger charge is -2.07. The van der Waals surface area contributed by atoms with Crippen LogP contribution in [-0.2, 0) is 0 Å². The maximum Gasteiger partial charge on any atom is 0.265 e. The number of hydrogen-bond donors (Lipinski definition) is 2. The maximum atomic E-state index is 11.6. The SMILES string of the molecule is CC(C)c1nnsc1C(=O)NC[C@@H](C)O. The Balaban J connectivity index is 2.69. The van der Waals surface area contributed by atoms with E-state index >= 15 is 0 Å². The summed E-state index contributed by atoms with van der Waals surface area (Å²) in [4.78, 5) is 12.2. The Morgan fingerprint density at radius 1 is 1.53 bits per heavy atom. The number of carbonyl (C=O) groups excluding carboxylic acids is 1. The first-order valence-electron chi connectivity index (χ1n) is 4.81. The Morgan fingerprint density at radius 3 is 2.73 bits per heavy atom. The van der Waals surface area contributed by atoms with E-state index in [9.17, 15) is 4.79 Å². The second kappa shape index (κ2) is 5.18. The minimum Gasteiger partial charge on any atom is -0.392 e. The molecule has 2 N–H and O–H groups in total. The van der Waals surface area contributed by atoms with Gasteiger partial charge in [0.25, 0.3) is 5.91 Å². The van der Waals surface area contributed by atoms with E-state index in [1.165, 1.54) is 0 Å². The molecule has 1 aromatic heterocycles. The van der Waals surface area contributed by atoms with Crippen molar-refractivity contribution in [3.8, 4) is 0 Å². The molecule has 0 bridgehead atoms. The lowest BCUT2D eigenvalue weighted by Crippen LogP contribution is -2.30. The first kappa shape index (κ1) is 12.1. The summed E-state index contributed by atoms with van der Waals surface area (Å²) < 4.78 is 3.76. The zero-order valence-corrected chi connectivity index (χ0v) is 9.84. The third-order valence-electron chi connectivity index (χ3n) is 1.82. The van der Waals surface area contributed by atoms with Crippen LogP contribution in [0.15, 0.2) is 0 Å². The Morgan fingerprint density at radius 2 is 2.20 bits per heavy atom. The monoisotopic (exact) mass is 229 g/mol. The van der Waals surface area contributed by atoms with Crippen LogP contribution in [0.25, 0.3) is 0 Å². The van der Waals surface area contributed by atoms with E-state index in [-0.39, 0.29) is 18.4 Å². The Hall–Kier alpha value is -1.01. The quantitative estimate of drug-likeness (QED) is 0.799. The van der Waals surface area contributed by atoms with Gasteiger partial charge in [-0.25, -0.2) is 0 Å². The molecule has 0 aliphatic carbocycles. The topological polar surface area (TPSA) is 75.1 Å². The van der Waals surface area contributed by atoms with Gasteiger partial charge in [-0.15, -0.1) is 5.10 Å². The zero-order valence-electron chi connectivity index (χ0n) is 9.02. The van der Waals surface area contributed by atoms with Gasteiger partial charge in [-0.3, -0.25) is 4.79 Å². The van der Waals surface area contributed by atoms with Crippen molar-refractivity contribution < 1.29 is 9.90 Å². The largest absolute Gasteiger partial charge is 0.392 e. The van der Waals surface area contributed by atoms with E-state index in [4.69, 9.17) is 5.11 Å². The van der Waals surface area contributed by atoms with Crippen molar-refractivity contribution in [2.45, 2.75) is 32.8 Å². The molecule has 0 saturated heterocycles. The fourth-order valence-corrected chi connectivity index (χ4v) is 1.79. The number of carbonyl (C=O) groups is 1. The minimum absolute atomic E-state index is 0.177. The van der Waals surface area contributed by atoms with Gasteiger partial charge in [-0.2, -0.15) is 0 Å². The number of aliphatic hydroxyl groups excluding tert-OH is 1. The van der Waals surface area contributed by atoms with Gasteiger partial charge < -0.3 is 10.4 Å². The number of aliphatic hydroxyl groups is 1. The van der Waals surface area contributed by atoms with Crippen molar-refractivity contribution in [3.05, 3.63) is 10.6 Å². The molecule has 5 nitrogen and oxygen atoms in total. The second-order valence-electron chi connectivity index (χ2n) is 3.70. The molecule has 0 saturated carbocycles. The number of aromatic nitrogens is 2. The zero-order chi connectivity index (χ0) is 11.4. The Kier molecular flexibility index (Phi) is 4.16. The van der Waals surface area contributed by atoms with Gasteiger partial charge in [0.05, 0.1) is 11.8 Å². The molecule has 6 heteroatoms. The average molecular weight is 229 g/mol. The van der Waals surface area contributed by atoms with Crippen LogP contribution >= 0.6 is 11.5 Å². The number of amides is 1. The predicted octanol–water partition coefficient (Wildman–Crippen LogP) is 0.772. The fourth-order valence-electron chi connectivity index (χ4n) is 1.05. The lowest BCUT2D eigenvalue weighted by atomic mass is 10.1. The third kappa shape index (κ3) is 3.24. The highest BCUT2D eigenvalue weighted by molar-refractivity contribution is 7.08. The average Bonchev–Trinajstić information content (AvgIpc) is 2.62. The van der Waals surface area contributed by atoms with Crippen LogP contribution in [0.3, 0.4) is 0 Å². The first-order valence-corrected chi connectivity index (χ1v) is 5.58. The number of nitrogens with zero attached hydrogens (tertiary/aromatic N) is 2. The van der Waals surface area contributed by atoms with Crippen molar-refractivity contribution in [3.63, 3.8) is 0 Å². The molecule has 0 aliphatic heterocycles. The van der Waals surface area contributed by atoms with Crippen LogP contribution in [0.5, 0.6) is 0 Å². The molecule has 0 aliphatic rings. The molecule has 1 heterocycles. The molecule has 0 unspecified atom stereocenters. The summed E-state index contributed by atoms with van der Waals surface area (Å²) in [5, 5.41) is 15.6. The van der Waals surface area contributed by atoms with Gasteiger partial charge in [-0.1, -0.05) is 18.3 Å². The summed E-state index contributed by atoms with van der Waals surface area (Å²) in [5.41, 5.74) is 0.711. The van der Waals surface area contributed by atoms with Crippen LogP contribution in [-0.4, -0.2) is 33.2 Å². The van der Waals surface area contributed by atoms with E-state index in [2.05, 4.69) is 14.9 Å². The smallest absolute Gasteiger partial charge is 0.265 e. The summed E-state index contributed by atoms with van der Waals surface area (Å²) in [6.07, 6.45) is -0.544. The van der Waals surface area contributed by atoms with E-state index in [0.29, 0.717) is 10.6 Å². The van der Waals surface area contributed by atoms with Gasteiger partial charge in [-0.05, 0) is 24.4 Å². The molecule has 1 aromatic rings. The fraction of sp³-hybridized carbons (Fsp3) is 0.667. The molecule has 1 rings (SSSR count). The highest BCUT2D eigenvalue weighted by Crippen LogP contribution is 2.19. The predicted molar refractivity (Wildman–Crippen MR) is 58.0 cm³/mol. The molecular weight excluding hydrogens is 214 g/mol. The van der Waals surface area contributed by atoms with Crippen LogP contribution in [0.4, 0.5) is 0 Å². The highest BCUT2D eigenvalue weighted by atomic mass is 32.1. The van der Waals surface area contributed by atoms with Crippen LogP contribution in [0.2, 0.25) is 0 Å². The van der Waals surface area contributed by atoms with Crippen LogP contribution < -0.4 is 5.32 Å². The van der Waals surface area contributed by atoms with E-state index in [0.717, 1.165) is 11.5 Å². The second-order valence-corrected chi connectivity index (χ2v) is 4.46. The molecule has 84 valence electrons. The molecule has 0 radical (unpaired) electrons. The van der Waals surface area contributed by atoms with E-state index < -0.39 is 6.10 Å². The number of rotatable bonds is 4. The molecule has 15 heavy (non-hydrogen) atoms. The molecule has 0 fully saturated rings. The molecular formula is C9H15N3O2S. The van der Waals surface area contributed by atoms with Gasteiger partial charge in [0.15, 0.2) is 0 Å². The number of hydrogen-bond acceptors (Lipinski definition) is 5. The molecule has 1 amide bonds. The third-order valence-corrected chi connectivity index (χ3v) is 2.56. The van der Waals surface area contributed by atoms with Gasteiger partial charge in [0.2, 0.25) is 0 Å². The van der Waals surface area contributed by atoms with E-state index in [1.54, 1.807) is 6.92 Å². The van der Waals surface area contributed by atoms with E-state index in [1.807, 2.05) is 13.8 Å². The highest BCUT2D eigenvalue weighted by Gasteiger charge is 2.18. The standard InChI is InChI=1S/C9H15N3O2S/c1-5(2)7-8(15-12-11-7)9(14)10-4-6(3)13/h5-6,13H,4H2,1-3H3,(H,10,14)/t6-/m1/s1. The van der Waals surface area contributed by atoms with Crippen molar-refractivity contribution in [2.75, 3.05) is 6.54 Å². The summed E-state index contributed by atoms with van der Waals surface area (Å²) in [7, 11) is 0. The van der Waals surface area contributed by atoms with Gasteiger partial charge >= 0.3 is 0 Å². The Bertz CT molecular complexity index is 336. The van der Waals surface area contributed by atoms with Crippen molar-refractivity contribution in [2.24, 2.45) is 0 Å². The summed E-state index contributed by atoms with van der Waals surface area (Å²) in [6.45, 7) is 5.78. The van der Waals surface area contributed by atoms with Crippen LogP contribution in [0.1, 0.15) is 42.1 Å². The van der Waals surface area contributed by atoms with Crippen molar-refractivity contribution >= 4 is 17.4 Å². The van der Waals surface area contributed by atoms with Crippen molar-refractivity contribution in [1.82, 2.24) is 14.9 Å². The van der Waals surface area contributed by atoms with Gasteiger partial charge in [0.1, 0.15) is 4.88 Å². The van der Waals surface area contributed by atoms with Crippen molar-refractivity contribution in [1.29, 1.82) is 0 Å². The molecule has 1 atom stereocenters. The summed E-state index contributed by atoms with van der Waals surface area (Å²) in [6, 6.07) is 0.